The number of pyridine rings is 1. The molecule has 0 radical (unpaired) electrons. The molecule has 0 unspecified atom stereocenters. The first-order chi connectivity index (χ1) is 16.9. The van der Waals surface area contributed by atoms with Crippen LogP contribution >= 0.6 is 27.3 Å². The van der Waals surface area contributed by atoms with Gasteiger partial charge in [-0.25, -0.2) is 9.97 Å². The maximum atomic E-state index is 13.5. The van der Waals surface area contributed by atoms with Crippen molar-refractivity contribution in [2.45, 2.75) is 27.2 Å². The SMILES string of the molecule is CCc1ccc(-c2nc(NC(=O)c3cc(-c4cccc(C)c4)nc4ccc(Br)cc34)sc2C)cc1. The van der Waals surface area contributed by atoms with E-state index in [0.717, 1.165) is 54.8 Å². The Morgan fingerprint density at radius 2 is 1.74 bits per heavy atom. The van der Waals surface area contributed by atoms with E-state index in [2.05, 4.69) is 58.5 Å². The van der Waals surface area contributed by atoms with Crippen LogP contribution in [0.2, 0.25) is 0 Å². The lowest BCUT2D eigenvalue weighted by atomic mass is 10.0. The Morgan fingerprint density at radius 1 is 0.943 bits per heavy atom. The summed E-state index contributed by atoms with van der Waals surface area (Å²) in [6.07, 6.45) is 0.998. The first-order valence-corrected chi connectivity index (χ1v) is 13.1. The molecule has 0 aliphatic heterocycles. The van der Waals surface area contributed by atoms with E-state index in [1.807, 2.05) is 56.3 Å². The van der Waals surface area contributed by atoms with Crippen molar-refractivity contribution in [3.05, 3.63) is 98.8 Å². The number of hydrogen-bond acceptors (Lipinski definition) is 4. The Labute approximate surface area is 217 Å². The molecule has 1 amide bonds. The number of amides is 1. The normalized spacial score (nSPS) is 11.1. The summed E-state index contributed by atoms with van der Waals surface area (Å²) >= 11 is 5.02. The first kappa shape index (κ1) is 23.4. The number of carbonyl (C=O) groups excluding carboxylic acids is 1. The Morgan fingerprint density at radius 3 is 2.49 bits per heavy atom. The third kappa shape index (κ3) is 4.90. The number of benzene rings is 3. The number of anilines is 1. The van der Waals surface area contributed by atoms with Crippen LogP contribution < -0.4 is 5.32 Å². The average molecular weight is 543 g/mol. The van der Waals surface area contributed by atoms with Gasteiger partial charge in [0, 0.05) is 25.9 Å². The Bertz CT molecular complexity index is 1560. The van der Waals surface area contributed by atoms with Crippen LogP contribution in [0.4, 0.5) is 5.13 Å². The van der Waals surface area contributed by atoms with Crippen LogP contribution in [0.3, 0.4) is 0 Å². The summed E-state index contributed by atoms with van der Waals surface area (Å²) in [4.78, 5) is 24.2. The first-order valence-electron chi connectivity index (χ1n) is 11.5. The number of aromatic nitrogens is 2. The van der Waals surface area contributed by atoms with Crippen LogP contribution in [-0.4, -0.2) is 15.9 Å². The Balaban J connectivity index is 1.52. The van der Waals surface area contributed by atoms with Crippen LogP contribution in [0.1, 0.15) is 33.3 Å². The predicted molar refractivity (Wildman–Crippen MR) is 149 cm³/mol. The monoisotopic (exact) mass is 541 g/mol. The van der Waals surface area contributed by atoms with Crippen molar-refractivity contribution in [3.63, 3.8) is 0 Å². The fourth-order valence-electron chi connectivity index (χ4n) is 4.12. The number of hydrogen-bond donors (Lipinski definition) is 1. The average Bonchev–Trinajstić information content (AvgIpc) is 3.23. The van der Waals surface area contributed by atoms with E-state index in [4.69, 9.17) is 9.97 Å². The molecule has 4 nitrogen and oxygen atoms in total. The van der Waals surface area contributed by atoms with E-state index in [-0.39, 0.29) is 5.91 Å². The number of fused-ring (bicyclic) bond motifs is 1. The van der Waals surface area contributed by atoms with E-state index in [0.29, 0.717) is 10.7 Å². The van der Waals surface area contributed by atoms with Crippen molar-refractivity contribution >= 4 is 49.2 Å². The smallest absolute Gasteiger partial charge is 0.258 e. The van der Waals surface area contributed by atoms with E-state index >= 15 is 0 Å². The maximum Gasteiger partial charge on any atom is 0.258 e. The molecule has 1 N–H and O–H groups in total. The van der Waals surface area contributed by atoms with E-state index in [9.17, 15) is 4.79 Å². The second kappa shape index (κ2) is 9.72. The van der Waals surface area contributed by atoms with Crippen LogP contribution in [-0.2, 0) is 6.42 Å². The molecule has 0 saturated carbocycles. The summed E-state index contributed by atoms with van der Waals surface area (Å²) in [6, 6.07) is 24.3. The van der Waals surface area contributed by atoms with Crippen molar-refractivity contribution < 1.29 is 4.79 Å². The molecule has 0 atom stereocenters. The second-order valence-corrected chi connectivity index (χ2v) is 10.6. The van der Waals surface area contributed by atoms with Gasteiger partial charge >= 0.3 is 0 Å². The molecule has 0 saturated heterocycles. The van der Waals surface area contributed by atoms with Crippen molar-refractivity contribution in [1.82, 2.24) is 9.97 Å². The van der Waals surface area contributed by atoms with Gasteiger partial charge in [-0.15, -0.1) is 11.3 Å². The van der Waals surface area contributed by atoms with Gasteiger partial charge in [-0.05, 0) is 56.2 Å². The molecule has 6 heteroatoms. The molecule has 0 bridgehead atoms. The highest BCUT2D eigenvalue weighted by atomic mass is 79.9. The molecule has 0 aliphatic rings. The number of nitrogens with one attached hydrogen (secondary N) is 1. The molecule has 5 aromatic rings. The quantitative estimate of drug-likeness (QED) is 0.244. The van der Waals surface area contributed by atoms with E-state index < -0.39 is 0 Å². The lowest BCUT2D eigenvalue weighted by Gasteiger charge is -2.10. The lowest BCUT2D eigenvalue weighted by molar-refractivity contribution is 0.102. The molecule has 0 fully saturated rings. The largest absolute Gasteiger partial charge is 0.298 e. The van der Waals surface area contributed by atoms with Crippen molar-refractivity contribution in [1.29, 1.82) is 0 Å². The number of nitrogens with zero attached hydrogens (tertiary/aromatic N) is 2. The zero-order valence-corrected chi connectivity index (χ0v) is 22.1. The summed E-state index contributed by atoms with van der Waals surface area (Å²) in [7, 11) is 0. The van der Waals surface area contributed by atoms with Crippen LogP contribution in [0.5, 0.6) is 0 Å². The van der Waals surface area contributed by atoms with Crippen LogP contribution in [0, 0.1) is 13.8 Å². The summed E-state index contributed by atoms with van der Waals surface area (Å²) in [5, 5.41) is 4.41. The Kier molecular flexibility index (Phi) is 6.50. The van der Waals surface area contributed by atoms with Gasteiger partial charge in [-0.1, -0.05) is 70.9 Å². The number of rotatable bonds is 5. The van der Waals surface area contributed by atoms with Gasteiger partial charge in [0.05, 0.1) is 22.5 Å². The van der Waals surface area contributed by atoms with Crippen LogP contribution in [0.25, 0.3) is 33.4 Å². The molecule has 35 heavy (non-hydrogen) atoms. The summed E-state index contributed by atoms with van der Waals surface area (Å²) in [5.41, 5.74) is 7.46. The minimum atomic E-state index is -0.203. The van der Waals surface area contributed by atoms with Gasteiger partial charge in [-0.2, -0.15) is 0 Å². The number of thiazole rings is 1. The molecule has 3 aromatic carbocycles. The topological polar surface area (TPSA) is 54.9 Å². The highest BCUT2D eigenvalue weighted by Crippen LogP contribution is 2.32. The summed E-state index contributed by atoms with van der Waals surface area (Å²) < 4.78 is 0.895. The second-order valence-electron chi connectivity index (χ2n) is 8.51. The fraction of sp³-hybridized carbons (Fsp3) is 0.138. The lowest BCUT2D eigenvalue weighted by Crippen LogP contribution is -2.13. The zero-order valence-electron chi connectivity index (χ0n) is 19.7. The molecular weight excluding hydrogens is 518 g/mol. The van der Waals surface area contributed by atoms with Gasteiger partial charge < -0.3 is 0 Å². The fourth-order valence-corrected chi connectivity index (χ4v) is 5.31. The molecule has 0 aliphatic carbocycles. The molecule has 2 aromatic heterocycles. The van der Waals surface area contributed by atoms with Crippen LogP contribution in [0.15, 0.2) is 77.3 Å². The molecule has 2 heterocycles. The number of aryl methyl sites for hydroxylation is 3. The van der Waals surface area contributed by atoms with Gasteiger partial charge in [-0.3, -0.25) is 10.1 Å². The van der Waals surface area contributed by atoms with Crippen molar-refractivity contribution in [3.8, 4) is 22.5 Å². The van der Waals surface area contributed by atoms with Crippen molar-refractivity contribution in [2.24, 2.45) is 0 Å². The summed E-state index contributed by atoms with van der Waals surface area (Å²) in [6.45, 7) is 6.22. The van der Waals surface area contributed by atoms with Gasteiger partial charge in [0.25, 0.3) is 5.91 Å². The molecular formula is C29H24BrN3OS. The third-order valence-electron chi connectivity index (χ3n) is 5.98. The highest BCUT2D eigenvalue weighted by Gasteiger charge is 2.18. The maximum absolute atomic E-state index is 13.5. The third-order valence-corrected chi connectivity index (χ3v) is 7.36. The molecule has 0 spiro atoms. The van der Waals surface area contributed by atoms with E-state index in [1.165, 1.54) is 16.9 Å². The number of carbonyl (C=O) groups is 1. The minimum Gasteiger partial charge on any atom is -0.298 e. The standard InChI is InChI=1S/C29H24BrN3OS/c1-4-19-8-10-20(11-9-19)27-18(3)35-29(32-27)33-28(34)24-16-26(21-7-5-6-17(2)14-21)31-25-13-12-22(30)15-23(24)25/h5-16H,4H2,1-3H3,(H,32,33,34). The Hall–Kier alpha value is -3.35. The molecule has 5 rings (SSSR count). The predicted octanol–water partition coefficient (Wildman–Crippen LogP) is 8.22. The van der Waals surface area contributed by atoms with Gasteiger partial charge in [0.2, 0.25) is 0 Å². The van der Waals surface area contributed by atoms with Gasteiger partial charge in [0.15, 0.2) is 5.13 Å². The van der Waals surface area contributed by atoms with Crippen molar-refractivity contribution in [2.75, 3.05) is 5.32 Å². The highest BCUT2D eigenvalue weighted by molar-refractivity contribution is 9.10. The van der Waals surface area contributed by atoms with Gasteiger partial charge in [0.1, 0.15) is 0 Å². The zero-order chi connectivity index (χ0) is 24.5. The number of halogens is 1. The van der Waals surface area contributed by atoms with E-state index in [1.54, 1.807) is 0 Å². The summed E-state index contributed by atoms with van der Waals surface area (Å²) in [5.74, 6) is -0.203. The minimum absolute atomic E-state index is 0.203. The molecule has 174 valence electrons.